The maximum atomic E-state index is 6.71. The van der Waals surface area contributed by atoms with Crippen LogP contribution in [-0.4, -0.2) is 48.6 Å². The molecule has 1 N–H and O–H groups in total. The molecule has 216 valence electrons. The Bertz CT molecular complexity index is 1120. The van der Waals surface area contributed by atoms with Crippen LogP contribution in [0.15, 0.2) is 36.4 Å². The lowest BCUT2D eigenvalue weighted by Gasteiger charge is -2.38. The number of nitrogens with zero attached hydrogens (tertiary/aromatic N) is 2. The molecule has 1 spiro atoms. The van der Waals surface area contributed by atoms with Gasteiger partial charge in [0.05, 0.1) is 0 Å². The summed E-state index contributed by atoms with van der Waals surface area (Å²) in [6, 6.07) is 13.5. The van der Waals surface area contributed by atoms with Crippen molar-refractivity contribution >= 4 is 37.8 Å². The highest BCUT2D eigenvalue weighted by Crippen LogP contribution is 2.70. The van der Waals surface area contributed by atoms with Gasteiger partial charge in [-0.1, -0.05) is 46.7 Å². The Morgan fingerprint density at radius 1 is 0.750 bits per heavy atom. The quantitative estimate of drug-likeness (QED) is 0.342. The molecule has 2 aromatic rings. The molecule has 40 heavy (non-hydrogen) atoms. The average Bonchev–Trinajstić information content (AvgIpc) is 3.80. The van der Waals surface area contributed by atoms with Crippen molar-refractivity contribution < 1.29 is 9.05 Å². The number of benzene rings is 2. The van der Waals surface area contributed by atoms with E-state index >= 15 is 0 Å². The van der Waals surface area contributed by atoms with E-state index < -0.39 is 15.3 Å². The lowest BCUT2D eigenvalue weighted by Crippen LogP contribution is -2.34. The van der Waals surface area contributed by atoms with Gasteiger partial charge in [-0.15, -0.1) is 0 Å². The number of rotatable bonds is 2. The minimum Gasteiger partial charge on any atom is -0.427 e. The molecule has 4 heterocycles. The Balaban J connectivity index is 0.000000169. The summed E-state index contributed by atoms with van der Waals surface area (Å²) in [6.45, 7) is 6.05. The van der Waals surface area contributed by atoms with Crippen molar-refractivity contribution in [3.05, 3.63) is 58.7 Å². The van der Waals surface area contributed by atoms with E-state index in [1.807, 2.05) is 0 Å². The van der Waals surface area contributed by atoms with Gasteiger partial charge >= 0.3 is 8.53 Å². The molecule has 4 fully saturated rings. The van der Waals surface area contributed by atoms with Gasteiger partial charge in [0.1, 0.15) is 11.5 Å². The third-order valence-electron chi connectivity index (χ3n) is 10.1. The number of nitrogens with one attached hydrogen (secondary N) is 1. The molecule has 1 saturated carbocycles. The molecular weight excluding hydrogens is 579 g/mol. The summed E-state index contributed by atoms with van der Waals surface area (Å²) in [5, 5.41) is 3.22. The standard InChI is InChI=1S/C23H24NO2P.C4H8Cl2NP.C4H9N/c1-2-12-24(11-1)27-25-19-7-3-5-15-13-17-9-10-18-14-16-6-4-8-20(26-27)22(16)23(17,18)21(15)19;5-8(6)7-3-1-2-4-7;1-2-4-5-3-1/h3-8,17-18H,1-2,9-14H2;1-4H2;5H,1-4H2/t17-,18-,23?;;/m1../s1. The Hall–Kier alpha value is -0.640. The van der Waals surface area contributed by atoms with Gasteiger partial charge in [0.2, 0.25) is 0 Å². The predicted molar refractivity (Wildman–Crippen MR) is 168 cm³/mol. The van der Waals surface area contributed by atoms with Crippen LogP contribution >= 0.6 is 37.8 Å². The zero-order chi connectivity index (χ0) is 27.1. The normalized spacial score (nSPS) is 31.3. The van der Waals surface area contributed by atoms with Gasteiger partial charge in [0.15, 0.2) is 6.78 Å². The summed E-state index contributed by atoms with van der Waals surface area (Å²) in [5.41, 5.74) is 6.26. The van der Waals surface area contributed by atoms with E-state index in [9.17, 15) is 0 Å². The third-order valence-corrected chi connectivity index (χ3v) is 13.7. The molecular formula is C31H41Cl2N3O2P2. The SMILES string of the molecule is C1CCNC1.ClP(Cl)N1CCCC1.c1cc2c3c(c1)OP(N1CCCC1)Oc1cccc4c1C31[C@H](CC[C@@H]1C4)C2. The lowest BCUT2D eigenvalue weighted by atomic mass is 9.69. The zero-order valence-electron chi connectivity index (χ0n) is 23.3. The Kier molecular flexibility index (Phi) is 8.56. The molecule has 9 rings (SSSR count). The first-order valence-electron chi connectivity index (χ1n) is 15.4. The summed E-state index contributed by atoms with van der Waals surface area (Å²) in [7, 11) is -1.08. The van der Waals surface area contributed by atoms with Crippen LogP contribution in [0.3, 0.4) is 0 Å². The van der Waals surface area contributed by atoms with Crippen molar-refractivity contribution in [2.75, 3.05) is 39.3 Å². The Labute approximate surface area is 251 Å². The number of hydrogen-bond donors (Lipinski definition) is 1. The second-order valence-electron chi connectivity index (χ2n) is 12.2. The van der Waals surface area contributed by atoms with Gasteiger partial charge in [0, 0.05) is 42.7 Å². The van der Waals surface area contributed by atoms with E-state index in [4.69, 9.17) is 31.5 Å². The van der Waals surface area contributed by atoms with Gasteiger partial charge in [-0.25, -0.2) is 4.67 Å². The second kappa shape index (κ2) is 12.2. The van der Waals surface area contributed by atoms with Crippen LogP contribution in [0.2, 0.25) is 0 Å². The van der Waals surface area contributed by atoms with E-state index in [1.54, 1.807) is 0 Å². The van der Waals surface area contributed by atoms with Crippen LogP contribution in [0.25, 0.3) is 0 Å². The molecule has 0 bridgehead atoms. The van der Waals surface area contributed by atoms with Gasteiger partial charge in [-0.3, -0.25) is 4.67 Å². The molecule has 7 aliphatic rings. The molecule has 0 amide bonds. The topological polar surface area (TPSA) is 37.0 Å². The van der Waals surface area contributed by atoms with Crippen LogP contribution in [0, 0.1) is 11.8 Å². The molecule has 2 aromatic carbocycles. The summed E-state index contributed by atoms with van der Waals surface area (Å²) < 4.78 is 18.0. The molecule has 4 aliphatic heterocycles. The van der Waals surface area contributed by atoms with Crippen molar-refractivity contribution in [3.63, 3.8) is 0 Å². The zero-order valence-corrected chi connectivity index (χ0v) is 26.6. The first kappa shape index (κ1) is 28.1. The monoisotopic (exact) mass is 619 g/mol. The summed E-state index contributed by atoms with van der Waals surface area (Å²) in [5.74, 6) is 3.65. The van der Waals surface area contributed by atoms with E-state index in [2.05, 4.69) is 51.1 Å². The molecule has 5 nitrogen and oxygen atoms in total. The highest BCUT2D eigenvalue weighted by molar-refractivity contribution is 8.02. The highest BCUT2D eigenvalue weighted by Gasteiger charge is 2.63. The van der Waals surface area contributed by atoms with Gasteiger partial charge in [0.25, 0.3) is 0 Å². The van der Waals surface area contributed by atoms with E-state index in [1.165, 1.54) is 99.6 Å². The highest BCUT2D eigenvalue weighted by atomic mass is 35.9. The minimum atomic E-state index is -1.08. The average molecular weight is 621 g/mol. The van der Waals surface area contributed by atoms with Crippen molar-refractivity contribution in [1.82, 2.24) is 14.7 Å². The van der Waals surface area contributed by atoms with E-state index in [-0.39, 0.29) is 5.41 Å². The van der Waals surface area contributed by atoms with E-state index in [0.717, 1.165) is 37.7 Å². The van der Waals surface area contributed by atoms with E-state index in [0.29, 0.717) is 11.8 Å². The van der Waals surface area contributed by atoms with Crippen molar-refractivity contribution in [2.24, 2.45) is 11.8 Å². The van der Waals surface area contributed by atoms with Gasteiger partial charge in [-0.05, 0) is 112 Å². The number of halogens is 2. The molecule has 3 aliphatic carbocycles. The Morgan fingerprint density at radius 2 is 1.27 bits per heavy atom. The first-order valence-corrected chi connectivity index (χ1v) is 19.6. The van der Waals surface area contributed by atoms with Gasteiger partial charge < -0.3 is 14.4 Å². The third kappa shape index (κ3) is 5.00. The smallest absolute Gasteiger partial charge is 0.384 e. The molecule has 3 saturated heterocycles. The minimum absolute atomic E-state index is 0.143. The van der Waals surface area contributed by atoms with Crippen LogP contribution in [0.5, 0.6) is 11.5 Å². The van der Waals surface area contributed by atoms with Gasteiger partial charge in [-0.2, -0.15) is 0 Å². The molecule has 0 unspecified atom stereocenters. The van der Waals surface area contributed by atoms with Crippen LogP contribution in [0.1, 0.15) is 73.6 Å². The second-order valence-corrected chi connectivity index (χ2v) is 17.1. The summed E-state index contributed by atoms with van der Waals surface area (Å²) in [6.07, 6.45) is 12.9. The predicted octanol–water partition coefficient (Wildman–Crippen LogP) is 8.36. The van der Waals surface area contributed by atoms with Crippen LogP contribution < -0.4 is 14.4 Å². The van der Waals surface area contributed by atoms with Crippen LogP contribution in [0.4, 0.5) is 0 Å². The maximum Gasteiger partial charge on any atom is 0.384 e. The molecule has 0 radical (unpaired) electrons. The fourth-order valence-electron chi connectivity index (χ4n) is 8.42. The molecule has 9 heteroatoms. The fourth-order valence-corrected chi connectivity index (χ4v) is 11.4. The first-order chi connectivity index (χ1) is 19.7. The Morgan fingerprint density at radius 3 is 1.73 bits per heavy atom. The van der Waals surface area contributed by atoms with Crippen molar-refractivity contribution in [2.45, 2.75) is 69.6 Å². The summed E-state index contributed by atoms with van der Waals surface area (Å²) in [4.78, 5) is 0. The molecule has 2 atom stereocenters. The summed E-state index contributed by atoms with van der Waals surface area (Å²) >= 11 is 11.3. The maximum absolute atomic E-state index is 6.71. The largest absolute Gasteiger partial charge is 0.427 e. The lowest BCUT2D eigenvalue weighted by molar-refractivity contribution is 0.317. The fraction of sp³-hybridized carbons (Fsp3) is 0.613. The van der Waals surface area contributed by atoms with Crippen molar-refractivity contribution in [3.8, 4) is 11.5 Å². The molecule has 0 aromatic heterocycles. The number of hydrogen-bond acceptors (Lipinski definition) is 5. The van der Waals surface area contributed by atoms with Crippen molar-refractivity contribution in [1.29, 1.82) is 0 Å². The van der Waals surface area contributed by atoms with Crippen LogP contribution in [-0.2, 0) is 18.3 Å².